The first-order valence-corrected chi connectivity index (χ1v) is 11.7. The molecule has 1 atom stereocenters. The highest BCUT2D eigenvalue weighted by Crippen LogP contribution is 2.42. The summed E-state index contributed by atoms with van der Waals surface area (Å²) in [4.78, 5) is 40.4. The van der Waals surface area contributed by atoms with E-state index >= 15 is 0 Å². The number of halogens is 1. The summed E-state index contributed by atoms with van der Waals surface area (Å²) < 4.78 is 24.5. The number of nitrogens with zero attached hydrogens (tertiary/aromatic N) is 3. The number of ether oxygens (including phenoxy) is 1. The molecule has 0 radical (unpaired) electrons. The zero-order valence-corrected chi connectivity index (χ0v) is 19.9. The van der Waals surface area contributed by atoms with Crippen LogP contribution >= 0.6 is 11.3 Å². The van der Waals surface area contributed by atoms with Crippen LogP contribution in [0.15, 0.2) is 51.7 Å². The maximum absolute atomic E-state index is 13.9. The lowest BCUT2D eigenvalue weighted by Gasteiger charge is -2.22. The van der Waals surface area contributed by atoms with Crippen LogP contribution < -0.4 is 10.3 Å². The lowest BCUT2D eigenvalue weighted by molar-refractivity contribution is 0.0600. The van der Waals surface area contributed by atoms with E-state index in [1.807, 2.05) is 0 Å². The first-order chi connectivity index (χ1) is 16.8. The minimum Gasteiger partial charge on any atom is -0.465 e. The molecule has 5 rings (SSSR count). The number of esters is 1. The van der Waals surface area contributed by atoms with Gasteiger partial charge in [-0.3, -0.25) is 14.5 Å². The number of hydrogen-bond acceptors (Lipinski definition) is 8. The van der Waals surface area contributed by atoms with Crippen molar-refractivity contribution in [3.05, 3.63) is 86.0 Å². The fourth-order valence-corrected chi connectivity index (χ4v) is 5.23. The van der Waals surface area contributed by atoms with Crippen LogP contribution in [-0.4, -0.2) is 29.2 Å². The summed E-state index contributed by atoms with van der Waals surface area (Å²) >= 11 is 1.26. The Kier molecular flexibility index (Phi) is 5.68. The molecule has 0 N–H and O–H groups in total. The molecule has 0 saturated heterocycles. The fraction of sp³-hybridized carbons (Fsp3) is 0.240. The van der Waals surface area contributed by atoms with Crippen molar-refractivity contribution >= 4 is 39.3 Å². The molecule has 0 saturated carbocycles. The minimum absolute atomic E-state index is 0.0346. The molecule has 10 heteroatoms. The van der Waals surface area contributed by atoms with Crippen molar-refractivity contribution in [3.63, 3.8) is 0 Å². The molecule has 3 heterocycles. The van der Waals surface area contributed by atoms with Crippen LogP contribution in [0.1, 0.15) is 56.9 Å². The topological polar surface area (TPSA) is 103 Å². The molecule has 2 aromatic heterocycles. The van der Waals surface area contributed by atoms with E-state index in [2.05, 4.69) is 24.0 Å². The van der Waals surface area contributed by atoms with Crippen molar-refractivity contribution in [1.29, 1.82) is 0 Å². The van der Waals surface area contributed by atoms with Gasteiger partial charge in [0.1, 0.15) is 16.4 Å². The summed E-state index contributed by atoms with van der Waals surface area (Å²) in [7, 11) is 1.28. The van der Waals surface area contributed by atoms with Crippen LogP contribution in [-0.2, 0) is 11.2 Å². The van der Waals surface area contributed by atoms with Crippen molar-refractivity contribution < 1.29 is 23.1 Å². The third-order valence-electron chi connectivity index (χ3n) is 5.72. The van der Waals surface area contributed by atoms with Gasteiger partial charge in [0.15, 0.2) is 5.43 Å². The molecule has 0 aliphatic carbocycles. The molecule has 0 spiro atoms. The second kappa shape index (κ2) is 8.70. The smallest absolute Gasteiger partial charge is 0.337 e. The van der Waals surface area contributed by atoms with Gasteiger partial charge >= 0.3 is 5.97 Å². The van der Waals surface area contributed by atoms with E-state index in [-0.39, 0.29) is 22.3 Å². The quantitative estimate of drug-likeness (QED) is 0.377. The van der Waals surface area contributed by atoms with Crippen molar-refractivity contribution in [2.24, 2.45) is 5.92 Å². The number of aromatic nitrogens is 2. The Morgan fingerprint density at radius 2 is 1.91 bits per heavy atom. The zero-order chi connectivity index (χ0) is 24.9. The van der Waals surface area contributed by atoms with Gasteiger partial charge in [-0.15, -0.1) is 10.2 Å². The molecule has 178 valence electrons. The summed E-state index contributed by atoms with van der Waals surface area (Å²) in [6.07, 6.45) is 0.686. The van der Waals surface area contributed by atoms with Gasteiger partial charge in [0.2, 0.25) is 10.9 Å². The van der Waals surface area contributed by atoms with Crippen LogP contribution in [0.5, 0.6) is 0 Å². The Hall–Kier alpha value is -3.92. The lowest BCUT2D eigenvalue weighted by Crippen LogP contribution is -2.29. The SMILES string of the molecule is COC(=O)c1ccc(C2c3c(oc4ccc(F)cc4c3=O)C(=O)N2c2nnc(CC(C)C)s2)cc1. The number of fused-ring (bicyclic) bond motifs is 2. The number of anilines is 1. The first kappa shape index (κ1) is 22.9. The number of rotatable bonds is 5. The van der Waals surface area contributed by atoms with Gasteiger partial charge in [-0.2, -0.15) is 0 Å². The van der Waals surface area contributed by atoms with Gasteiger partial charge in [-0.05, 0) is 41.8 Å². The van der Waals surface area contributed by atoms with E-state index in [1.165, 1.54) is 35.5 Å². The minimum atomic E-state index is -0.895. The Bertz CT molecular complexity index is 1530. The molecular weight excluding hydrogens is 473 g/mol. The monoisotopic (exact) mass is 493 g/mol. The highest BCUT2D eigenvalue weighted by molar-refractivity contribution is 7.15. The average Bonchev–Trinajstić information content (AvgIpc) is 3.41. The summed E-state index contributed by atoms with van der Waals surface area (Å²) in [5.74, 6) is -1.44. The summed E-state index contributed by atoms with van der Waals surface area (Å²) in [6, 6.07) is 9.07. The van der Waals surface area contributed by atoms with Gasteiger partial charge in [0.05, 0.1) is 29.7 Å². The third-order valence-corrected chi connectivity index (χ3v) is 6.67. The number of carbonyl (C=O) groups excluding carboxylic acids is 2. The predicted octanol–water partition coefficient (Wildman–Crippen LogP) is 4.52. The number of hydrogen-bond donors (Lipinski definition) is 0. The molecule has 4 aromatic rings. The van der Waals surface area contributed by atoms with Gasteiger partial charge in [0, 0.05) is 6.42 Å². The highest BCUT2D eigenvalue weighted by atomic mass is 32.1. The first-order valence-electron chi connectivity index (χ1n) is 10.9. The Morgan fingerprint density at radius 1 is 1.17 bits per heavy atom. The zero-order valence-electron chi connectivity index (χ0n) is 19.1. The number of amides is 1. The van der Waals surface area contributed by atoms with Crippen molar-refractivity contribution in [2.45, 2.75) is 26.3 Å². The summed E-state index contributed by atoms with van der Waals surface area (Å²) in [6.45, 7) is 4.10. The molecule has 1 aliphatic rings. The molecule has 2 aromatic carbocycles. The normalized spacial score (nSPS) is 15.2. The highest BCUT2D eigenvalue weighted by Gasteiger charge is 2.45. The van der Waals surface area contributed by atoms with Crippen molar-refractivity contribution in [2.75, 3.05) is 12.0 Å². The third kappa shape index (κ3) is 3.89. The Balaban J connectivity index is 1.71. The van der Waals surface area contributed by atoms with Crippen LogP contribution in [0.3, 0.4) is 0 Å². The summed E-state index contributed by atoms with van der Waals surface area (Å²) in [5.41, 5.74) is 0.552. The average molecular weight is 494 g/mol. The van der Waals surface area contributed by atoms with Crippen molar-refractivity contribution in [1.82, 2.24) is 10.2 Å². The second-order valence-electron chi connectivity index (χ2n) is 8.58. The van der Waals surface area contributed by atoms with E-state index in [0.29, 0.717) is 28.6 Å². The maximum atomic E-state index is 13.9. The molecule has 0 bridgehead atoms. The van der Waals surface area contributed by atoms with E-state index in [0.717, 1.165) is 11.1 Å². The van der Waals surface area contributed by atoms with E-state index in [4.69, 9.17) is 9.15 Å². The molecule has 8 nitrogen and oxygen atoms in total. The standard InChI is InChI=1S/C25H20FN3O5S/c1-12(2)10-18-27-28-25(35-18)29-20(13-4-6-14(7-5-13)24(32)33-3)19-21(30)16-11-15(26)8-9-17(16)34-22(19)23(29)31/h4-9,11-12,20H,10H2,1-3H3. The van der Waals surface area contributed by atoms with E-state index < -0.39 is 29.2 Å². The van der Waals surface area contributed by atoms with Gasteiger partial charge in [-0.25, -0.2) is 9.18 Å². The van der Waals surface area contributed by atoms with Crippen molar-refractivity contribution in [3.8, 4) is 0 Å². The second-order valence-corrected chi connectivity index (χ2v) is 9.62. The number of methoxy groups -OCH3 is 1. The lowest BCUT2D eigenvalue weighted by atomic mass is 9.97. The largest absolute Gasteiger partial charge is 0.465 e. The fourth-order valence-electron chi connectivity index (χ4n) is 4.15. The molecule has 1 unspecified atom stereocenters. The van der Waals surface area contributed by atoms with Gasteiger partial charge in [0.25, 0.3) is 5.91 Å². The Morgan fingerprint density at radius 3 is 2.60 bits per heavy atom. The molecule has 1 aliphatic heterocycles. The Labute approximate surface area is 203 Å². The van der Waals surface area contributed by atoms with E-state index in [9.17, 15) is 18.8 Å². The van der Waals surface area contributed by atoms with Crippen LogP contribution in [0.4, 0.5) is 9.52 Å². The number of carbonyl (C=O) groups is 2. The predicted molar refractivity (Wildman–Crippen MR) is 127 cm³/mol. The number of benzene rings is 2. The van der Waals surface area contributed by atoms with Crippen LogP contribution in [0.25, 0.3) is 11.0 Å². The maximum Gasteiger partial charge on any atom is 0.337 e. The molecule has 35 heavy (non-hydrogen) atoms. The molecular formula is C25H20FN3O5S. The molecule has 0 fully saturated rings. The summed E-state index contributed by atoms with van der Waals surface area (Å²) in [5, 5.41) is 9.55. The van der Waals surface area contributed by atoms with Crippen LogP contribution in [0.2, 0.25) is 0 Å². The van der Waals surface area contributed by atoms with Crippen LogP contribution in [0, 0.1) is 11.7 Å². The molecule has 1 amide bonds. The van der Waals surface area contributed by atoms with E-state index in [1.54, 1.807) is 24.3 Å². The van der Waals surface area contributed by atoms with Gasteiger partial charge < -0.3 is 9.15 Å². The van der Waals surface area contributed by atoms with Gasteiger partial charge in [-0.1, -0.05) is 37.3 Å².